The lowest BCUT2D eigenvalue weighted by Crippen LogP contribution is -2.03. The zero-order chi connectivity index (χ0) is 15.0. The highest BCUT2D eigenvalue weighted by atomic mass is 16.5. The van der Waals surface area contributed by atoms with E-state index in [0.29, 0.717) is 16.7 Å². The number of hydrogen-bond acceptors (Lipinski definition) is 5. The Bertz CT molecular complexity index is 822. The van der Waals surface area contributed by atoms with E-state index in [0.717, 1.165) is 11.1 Å². The van der Waals surface area contributed by atoms with E-state index < -0.39 is 5.97 Å². The van der Waals surface area contributed by atoms with Crippen LogP contribution in [-0.4, -0.2) is 27.8 Å². The first-order valence-corrected chi connectivity index (χ1v) is 6.37. The number of aromatic nitrogens is 3. The van der Waals surface area contributed by atoms with Gasteiger partial charge in [0.2, 0.25) is 0 Å². The molecule has 21 heavy (non-hydrogen) atoms. The lowest BCUT2D eigenvalue weighted by atomic mass is 10.0. The molecule has 6 heteroatoms. The van der Waals surface area contributed by atoms with Crippen LogP contribution >= 0.6 is 0 Å². The summed E-state index contributed by atoms with van der Waals surface area (Å²) in [6.07, 6.45) is 1.69. The number of fused-ring (bicyclic) bond motifs is 1. The fraction of sp³-hybridized carbons (Fsp3) is 0.133. The number of methoxy groups -OCH3 is 1. The van der Waals surface area contributed by atoms with Crippen LogP contribution < -0.4 is 5.73 Å². The first-order valence-electron chi connectivity index (χ1n) is 6.37. The van der Waals surface area contributed by atoms with Crippen molar-refractivity contribution in [2.75, 3.05) is 12.8 Å². The van der Waals surface area contributed by atoms with Crippen LogP contribution in [0.3, 0.4) is 0 Å². The first kappa shape index (κ1) is 13.1. The lowest BCUT2D eigenvalue weighted by Gasteiger charge is -2.05. The average molecular weight is 282 g/mol. The van der Waals surface area contributed by atoms with Crippen LogP contribution in [0.1, 0.15) is 10.5 Å². The summed E-state index contributed by atoms with van der Waals surface area (Å²) < 4.78 is 6.38. The lowest BCUT2D eigenvalue weighted by molar-refractivity contribution is 0.0595. The maximum Gasteiger partial charge on any atom is 0.359 e. The number of pyridine rings is 1. The Kier molecular flexibility index (Phi) is 3.06. The van der Waals surface area contributed by atoms with E-state index in [-0.39, 0.29) is 5.69 Å². The van der Waals surface area contributed by atoms with E-state index in [9.17, 15) is 4.79 Å². The maximum atomic E-state index is 11.9. The Balaban J connectivity index is 2.32. The van der Waals surface area contributed by atoms with Gasteiger partial charge >= 0.3 is 5.97 Å². The van der Waals surface area contributed by atoms with Crippen molar-refractivity contribution in [2.24, 2.45) is 7.05 Å². The molecule has 2 aromatic heterocycles. The third-order valence-corrected chi connectivity index (χ3v) is 3.32. The van der Waals surface area contributed by atoms with Crippen molar-refractivity contribution in [2.45, 2.75) is 0 Å². The second kappa shape index (κ2) is 4.90. The molecule has 0 aliphatic carbocycles. The molecule has 106 valence electrons. The molecule has 3 rings (SSSR count). The highest BCUT2D eigenvalue weighted by Gasteiger charge is 2.20. The van der Waals surface area contributed by atoms with Gasteiger partial charge < -0.3 is 10.5 Å². The van der Waals surface area contributed by atoms with Gasteiger partial charge in [-0.3, -0.25) is 0 Å². The molecule has 0 aliphatic rings. The Labute approximate surface area is 121 Å². The highest BCUT2D eigenvalue weighted by molar-refractivity contribution is 6.07. The number of ether oxygens (including phenoxy) is 1. The predicted molar refractivity (Wildman–Crippen MR) is 79.7 cm³/mol. The van der Waals surface area contributed by atoms with Crippen LogP contribution in [0.4, 0.5) is 5.69 Å². The number of hydrogen-bond donors (Lipinski definition) is 1. The third-order valence-electron chi connectivity index (χ3n) is 3.32. The van der Waals surface area contributed by atoms with Crippen molar-refractivity contribution in [3.63, 3.8) is 0 Å². The molecule has 2 N–H and O–H groups in total. The predicted octanol–water partition coefficient (Wildman–Crippen LogP) is 2.00. The number of nitrogen functional groups attached to an aromatic ring is 1. The van der Waals surface area contributed by atoms with Crippen LogP contribution in [-0.2, 0) is 11.8 Å². The number of carbonyl (C=O) groups excluding carboxylic acids is 1. The molecular formula is C15H14N4O2. The molecule has 0 radical (unpaired) electrons. The van der Waals surface area contributed by atoms with E-state index >= 15 is 0 Å². The molecule has 0 saturated heterocycles. The van der Waals surface area contributed by atoms with Crippen molar-refractivity contribution >= 4 is 22.7 Å². The number of aryl methyl sites for hydroxylation is 1. The quantitative estimate of drug-likeness (QED) is 0.574. The number of nitrogens with zero attached hydrogens (tertiary/aromatic N) is 3. The Morgan fingerprint density at radius 2 is 1.95 bits per heavy atom. The van der Waals surface area contributed by atoms with E-state index in [1.165, 1.54) is 7.11 Å². The topological polar surface area (TPSA) is 83.0 Å². The van der Waals surface area contributed by atoms with Gasteiger partial charge in [-0.2, -0.15) is 5.10 Å². The fourth-order valence-corrected chi connectivity index (χ4v) is 2.32. The van der Waals surface area contributed by atoms with Gasteiger partial charge in [0.25, 0.3) is 0 Å². The van der Waals surface area contributed by atoms with Gasteiger partial charge in [0, 0.05) is 18.9 Å². The minimum absolute atomic E-state index is 0.259. The molecule has 0 bridgehead atoms. The van der Waals surface area contributed by atoms with Gasteiger partial charge in [-0.25, -0.2) is 14.5 Å². The Morgan fingerprint density at radius 1 is 1.24 bits per heavy atom. The molecule has 0 amide bonds. The minimum atomic E-state index is -0.481. The molecule has 0 unspecified atom stereocenters. The van der Waals surface area contributed by atoms with Crippen molar-refractivity contribution in [1.29, 1.82) is 0 Å². The fourth-order valence-electron chi connectivity index (χ4n) is 2.32. The molecule has 6 nitrogen and oxygen atoms in total. The average Bonchev–Trinajstić information content (AvgIpc) is 2.85. The largest absolute Gasteiger partial charge is 0.464 e. The monoisotopic (exact) mass is 282 g/mol. The van der Waals surface area contributed by atoms with Crippen molar-refractivity contribution in [3.8, 4) is 11.1 Å². The van der Waals surface area contributed by atoms with Gasteiger partial charge in [0.15, 0.2) is 11.3 Å². The summed E-state index contributed by atoms with van der Waals surface area (Å²) in [5.74, 6) is -0.481. The smallest absolute Gasteiger partial charge is 0.359 e. The summed E-state index contributed by atoms with van der Waals surface area (Å²) in [5, 5.41) is 4.90. The number of anilines is 1. The molecule has 0 spiro atoms. The summed E-state index contributed by atoms with van der Waals surface area (Å²) in [6, 6.07) is 9.28. The second-order valence-corrected chi connectivity index (χ2v) is 4.64. The summed E-state index contributed by atoms with van der Waals surface area (Å²) in [6.45, 7) is 0. The van der Waals surface area contributed by atoms with E-state index in [1.807, 2.05) is 30.3 Å². The third kappa shape index (κ3) is 2.10. The van der Waals surface area contributed by atoms with Crippen LogP contribution in [0.25, 0.3) is 22.2 Å². The van der Waals surface area contributed by atoms with Gasteiger partial charge in [0.05, 0.1) is 12.5 Å². The molecule has 2 heterocycles. The number of nitrogens with two attached hydrogens (primary N) is 1. The van der Waals surface area contributed by atoms with Gasteiger partial charge in [-0.1, -0.05) is 12.1 Å². The van der Waals surface area contributed by atoms with Crippen molar-refractivity contribution in [3.05, 3.63) is 42.2 Å². The van der Waals surface area contributed by atoms with Crippen LogP contribution in [0, 0.1) is 0 Å². The molecule has 0 saturated carbocycles. The van der Waals surface area contributed by atoms with Crippen LogP contribution in [0.15, 0.2) is 36.5 Å². The summed E-state index contributed by atoms with van der Waals surface area (Å²) in [4.78, 5) is 16.2. The molecule has 0 fully saturated rings. The zero-order valence-electron chi connectivity index (χ0n) is 11.7. The van der Waals surface area contributed by atoms with Gasteiger partial charge in [-0.05, 0) is 29.3 Å². The summed E-state index contributed by atoms with van der Waals surface area (Å²) in [5.41, 5.74) is 9.10. The van der Waals surface area contributed by atoms with Crippen molar-refractivity contribution in [1.82, 2.24) is 14.8 Å². The molecule has 1 aromatic carbocycles. The standard InChI is InChI=1S/C15H14N4O2/c1-19-14-12(13(18-19)15(20)21-2)11(7-8-17-14)9-3-5-10(16)6-4-9/h3-8H,16H2,1-2H3. The molecule has 0 aliphatic heterocycles. The number of rotatable bonds is 2. The van der Waals surface area contributed by atoms with Crippen LogP contribution in [0.2, 0.25) is 0 Å². The second-order valence-electron chi connectivity index (χ2n) is 4.64. The maximum absolute atomic E-state index is 11.9. The first-order chi connectivity index (χ1) is 10.1. The minimum Gasteiger partial charge on any atom is -0.464 e. The number of benzene rings is 1. The number of carbonyl (C=O) groups is 1. The summed E-state index contributed by atoms with van der Waals surface area (Å²) >= 11 is 0. The van der Waals surface area contributed by atoms with E-state index in [4.69, 9.17) is 10.5 Å². The van der Waals surface area contributed by atoms with Crippen LogP contribution in [0.5, 0.6) is 0 Å². The van der Waals surface area contributed by atoms with E-state index in [2.05, 4.69) is 10.1 Å². The Morgan fingerprint density at radius 3 is 2.62 bits per heavy atom. The highest BCUT2D eigenvalue weighted by Crippen LogP contribution is 2.30. The number of esters is 1. The molecule has 0 atom stereocenters. The van der Waals surface area contributed by atoms with Gasteiger partial charge in [0.1, 0.15) is 0 Å². The Hall–Kier alpha value is -2.89. The zero-order valence-corrected chi connectivity index (χ0v) is 11.7. The molecule has 3 aromatic rings. The SMILES string of the molecule is COC(=O)c1nn(C)c2nccc(-c3ccc(N)cc3)c12. The van der Waals surface area contributed by atoms with Crippen molar-refractivity contribution < 1.29 is 9.53 Å². The molecular weight excluding hydrogens is 268 g/mol. The normalized spacial score (nSPS) is 10.8. The van der Waals surface area contributed by atoms with E-state index in [1.54, 1.807) is 17.9 Å². The van der Waals surface area contributed by atoms with Gasteiger partial charge in [-0.15, -0.1) is 0 Å². The summed E-state index contributed by atoms with van der Waals surface area (Å²) in [7, 11) is 3.08.